The summed E-state index contributed by atoms with van der Waals surface area (Å²) >= 11 is 6.12. The molecule has 1 fully saturated rings. The average Bonchev–Trinajstić information content (AvgIpc) is 2.79. The maximum Gasteiger partial charge on any atom is 0.243 e. The number of aryl methyl sites for hydroxylation is 1. The molecular weight excluding hydrogens is 436 g/mol. The molecular formula is C22H23ClN4O3S. The van der Waals surface area contributed by atoms with Crippen molar-refractivity contribution < 1.29 is 13.2 Å². The molecule has 0 bridgehead atoms. The Balaban J connectivity index is 1.48. The van der Waals surface area contributed by atoms with Crippen LogP contribution < -0.4 is 9.64 Å². The molecule has 1 aliphatic rings. The van der Waals surface area contributed by atoms with Gasteiger partial charge in [0.15, 0.2) is 0 Å². The summed E-state index contributed by atoms with van der Waals surface area (Å²) in [6.07, 6.45) is 1.55. The first-order chi connectivity index (χ1) is 14.9. The summed E-state index contributed by atoms with van der Waals surface area (Å²) in [5.41, 5.74) is 3.05. The summed E-state index contributed by atoms with van der Waals surface area (Å²) < 4.78 is 32.6. The fourth-order valence-electron chi connectivity index (χ4n) is 3.52. The van der Waals surface area contributed by atoms with Gasteiger partial charge < -0.3 is 9.64 Å². The van der Waals surface area contributed by atoms with Gasteiger partial charge in [-0.05, 0) is 25.1 Å². The van der Waals surface area contributed by atoms with Gasteiger partial charge in [0.05, 0.1) is 22.7 Å². The average molecular weight is 459 g/mol. The summed E-state index contributed by atoms with van der Waals surface area (Å²) in [5, 5.41) is 0.270. The number of rotatable bonds is 5. The Kier molecular flexibility index (Phi) is 6.13. The standard InChI is InChI=1S/C22H23ClN4O3S/c1-16-3-5-17(6-4-16)20-14-22(25-15-24-20)26-9-11-27(12-10-26)31(28,29)18-7-8-21(30-2)19(23)13-18/h3-8,13-15H,9-12H2,1-2H3. The summed E-state index contributed by atoms with van der Waals surface area (Å²) in [6.45, 7) is 3.83. The van der Waals surface area contributed by atoms with Gasteiger partial charge in [0.1, 0.15) is 17.9 Å². The number of hydrogen-bond donors (Lipinski definition) is 0. The molecule has 0 amide bonds. The van der Waals surface area contributed by atoms with E-state index >= 15 is 0 Å². The second-order valence-corrected chi connectivity index (χ2v) is 9.66. The van der Waals surface area contributed by atoms with Crippen molar-refractivity contribution in [2.75, 3.05) is 38.2 Å². The normalized spacial score (nSPS) is 15.1. The topological polar surface area (TPSA) is 75.6 Å². The molecule has 1 aromatic heterocycles. The van der Waals surface area contributed by atoms with Gasteiger partial charge in [0.2, 0.25) is 10.0 Å². The molecule has 2 heterocycles. The third kappa shape index (κ3) is 4.51. The van der Waals surface area contributed by atoms with E-state index in [1.807, 2.05) is 37.3 Å². The summed E-state index contributed by atoms with van der Waals surface area (Å²) in [6, 6.07) is 14.6. The fourth-order valence-corrected chi connectivity index (χ4v) is 5.29. The minimum absolute atomic E-state index is 0.162. The zero-order valence-corrected chi connectivity index (χ0v) is 18.9. The van der Waals surface area contributed by atoms with Crippen LogP contribution in [0.2, 0.25) is 5.02 Å². The van der Waals surface area contributed by atoms with Crippen molar-refractivity contribution in [2.24, 2.45) is 0 Å². The van der Waals surface area contributed by atoms with Crippen molar-refractivity contribution >= 4 is 27.4 Å². The van der Waals surface area contributed by atoms with E-state index in [9.17, 15) is 8.42 Å². The second kappa shape index (κ2) is 8.82. The van der Waals surface area contributed by atoms with Crippen molar-refractivity contribution in [2.45, 2.75) is 11.8 Å². The van der Waals surface area contributed by atoms with Crippen LogP contribution in [0.5, 0.6) is 5.75 Å². The molecule has 4 rings (SSSR count). The molecule has 0 unspecified atom stereocenters. The van der Waals surface area contributed by atoms with Gasteiger partial charge in [-0.2, -0.15) is 4.31 Å². The number of benzene rings is 2. The van der Waals surface area contributed by atoms with Crippen LogP contribution in [0.4, 0.5) is 5.82 Å². The van der Waals surface area contributed by atoms with E-state index in [1.54, 1.807) is 12.4 Å². The fraction of sp³-hybridized carbons (Fsp3) is 0.273. The molecule has 1 aliphatic heterocycles. The minimum Gasteiger partial charge on any atom is -0.495 e. The van der Waals surface area contributed by atoms with Crippen LogP contribution in [-0.4, -0.2) is 56.0 Å². The predicted octanol–water partition coefficient (Wildman–Crippen LogP) is 3.62. The smallest absolute Gasteiger partial charge is 0.243 e. The number of nitrogens with zero attached hydrogens (tertiary/aromatic N) is 4. The zero-order chi connectivity index (χ0) is 22.0. The monoisotopic (exact) mass is 458 g/mol. The van der Waals surface area contributed by atoms with E-state index in [0.29, 0.717) is 31.9 Å². The highest BCUT2D eigenvalue weighted by molar-refractivity contribution is 7.89. The Morgan fingerprint density at radius 2 is 1.68 bits per heavy atom. The summed E-state index contributed by atoms with van der Waals surface area (Å²) in [4.78, 5) is 11.0. The Morgan fingerprint density at radius 1 is 0.968 bits per heavy atom. The number of anilines is 1. The van der Waals surface area contributed by atoms with Crippen LogP contribution in [0.3, 0.4) is 0 Å². The van der Waals surface area contributed by atoms with E-state index in [-0.39, 0.29) is 9.92 Å². The van der Waals surface area contributed by atoms with Crippen LogP contribution in [-0.2, 0) is 10.0 Å². The predicted molar refractivity (Wildman–Crippen MR) is 121 cm³/mol. The van der Waals surface area contributed by atoms with Crippen molar-refractivity contribution in [3.8, 4) is 17.0 Å². The van der Waals surface area contributed by atoms with E-state index in [0.717, 1.165) is 17.1 Å². The molecule has 0 N–H and O–H groups in total. The highest BCUT2D eigenvalue weighted by Crippen LogP contribution is 2.29. The Bertz CT molecular complexity index is 1180. The number of ether oxygens (including phenoxy) is 1. The highest BCUT2D eigenvalue weighted by Gasteiger charge is 2.29. The maximum absolute atomic E-state index is 13.0. The molecule has 0 radical (unpaired) electrons. The maximum atomic E-state index is 13.0. The Hall–Kier alpha value is -2.68. The van der Waals surface area contributed by atoms with Crippen LogP contribution >= 0.6 is 11.6 Å². The number of methoxy groups -OCH3 is 1. The van der Waals surface area contributed by atoms with Gasteiger partial charge in [-0.15, -0.1) is 0 Å². The Labute approximate surface area is 187 Å². The molecule has 2 aromatic carbocycles. The van der Waals surface area contributed by atoms with Gasteiger partial charge in [0, 0.05) is 37.8 Å². The van der Waals surface area contributed by atoms with E-state index < -0.39 is 10.0 Å². The molecule has 162 valence electrons. The van der Waals surface area contributed by atoms with E-state index in [2.05, 4.69) is 14.9 Å². The zero-order valence-electron chi connectivity index (χ0n) is 17.3. The molecule has 31 heavy (non-hydrogen) atoms. The summed E-state index contributed by atoms with van der Waals surface area (Å²) in [7, 11) is -2.14. The quantitative estimate of drug-likeness (QED) is 0.581. The third-order valence-corrected chi connectivity index (χ3v) is 7.51. The molecule has 9 heteroatoms. The lowest BCUT2D eigenvalue weighted by Crippen LogP contribution is -2.48. The number of halogens is 1. The summed E-state index contributed by atoms with van der Waals surface area (Å²) in [5.74, 6) is 1.23. The molecule has 0 saturated carbocycles. The van der Waals surface area contributed by atoms with Gasteiger partial charge in [-0.3, -0.25) is 0 Å². The number of aromatic nitrogens is 2. The minimum atomic E-state index is -3.64. The molecule has 3 aromatic rings. The first-order valence-electron chi connectivity index (χ1n) is 9.86. The van der Waals surface area contributed by atoms with Gasteiger partial charge >= 0.3 is 0 Å². The number of sulfonamides is 1. The number of hydrogen-bond acceptors (Lipinski definition) is 6. The van der Waals surface area contributed by atoms with Crippen LogP contribution in [0, 0.1) is 6.92 Å². The Morgan fingerprint density at radius 3 is 2.32 bits per heavy atom. The highest BCUT2D eigenvalue weighted by atomic mass is 35.5. The van der Waals surface area contributed by atoms with Crippen LogP contribution in [0.1, 0.15) is 5.56 Å². The third-order valence-electron chi connectivity index (χ3n) is 5.32. The molecule has 0 atom stereocenters. The lowest BCUT2D eigenvalue weighted by molar-refractivity contribution is 0.383. The molecule has 1 saturated heterocycles. The van der Waals surface area contributed by atoms with Gasteiger partial charge in [0.25, 0.3) is 0 Å². The van der Waals surface area contributed by atoms with Crippen LogP contribution in [0.15, 0.2) is 59.8 Å². The first kappa shape index (κ1) is 21.5. The lowest BCUT2D eigenvalue weighted by atomic mass is 10.1. The lowest BCUT2D eigenvalue weighted by Gasteiger charge is -2.34. The van der Waals surface area contributed by atoms with Gasteiger partial charge in [-0.25, -0.2) is 18.4 Å². The van der Waals surface area contributed by atoms with Crippen LogP contribution in [0.25, 0.3) is 11.3 Å². The molecule has 0 spiro atoms. The first-order valence-corrected chi connectivity index (χ1v) is 11.7. The van der Waals surface area contributed by atoms with Crippen molar-refractivity contribution in [3.05, 3.63) is 65.4 Å². The van der Waals surface area contributed by atoms with Gasteiger partial charge in [-0.1, -0.05) is 41.4 Å². The van der Waals surface area contributed by atoms with E-state index in [4.69, 9.17) is 16.3 Å². The molecule has 7 nitrogen and oxygen atoms in total. The van der Waals surface area contributed by atoms with Crippen molar-refractivity contribution in [1.82, 2.24) is 14.3 Å². The largest absolute Gasteiger partial charge is 0.495 e. The SMILES string of the molecule is COc1ccc(S(=O)(=O)N2CCN(c3cc(-c4ccc(C)cc4)ncn3)CC2)cc1Cl. The van der Waals surface area contributed by atoms with E-state index in [1.165, 1.54) is 29.1 Å². The number of piperazine rings is 1. The molecule has 0 aliphatic carbocycles. The second-order valence-electron chi connectivity index (χ2n) is 7.31. The van der Waals surface area contributed by atoms with Crippen molar-refractivity contribution in [3.63, 3.8) is 0 Å². The van der Waals surface area contributed by atoms with Crippen molar-refractivity contribution in [1.29, 1.82) is 0 Å².